The lowest BCUT2D eigenvalue weighted by molar-refractivity contribution is -0.114. The molecule has 5 nitrogen and oxygen atoms in total. The third-order valence-corrected chi connectivity index (χ3v) is 4.24. The zero-order valence-corrected chi connectivity index (χ0v) is 13.0. The van der Waals surface area contributed by atoms with Crippen molar-refractivity contribution in [3.8, 4) is 0 Å². The highest BCUT2D eigenvalue weighted by molar-refractivity contribution is 7.89. The van der Waals surface area contributed by atoms with Gasteiger partial charge in [-0.3, -0.25) is 9.78 Å². The van der Waals surface area contributed by atoms with Gasteiger partial charge in [0.25, 0.3) is 5.91 Å². The van der Waals surface area contributed by atoms with Crippen LogP contribution in [0.1, 0.15) is 11.1 Å². The number of carbonyl (C=O) groups is 1. The van der Waals surface area contributed by atoms with E-state index in [1.54, 1.807) is 48.8 Å². The van der Waals surface area contributed by atoms with Gasteiger partial charge in [-0.15, -0.1) is 0 Å². The number of rotatable bonds is 5. The predicted molar refractivity (Wildman–Crippen MR) is 85.5 cm³/mol. The van der Waals surface area contributed by atoms with Crippen LogP contribution < -0.4 is 4.72 Å². The Balaban J connectivity index is 2.01. The summed E-state index contributed by atoms with van der Waals surface area (Å²) in [6.07, 6.45) is 5.78. The van der Waals surface area contributed by atoms with Crippen molar-refractivity contribution in [2.45, 2.75) is 5.75 Å². The molecule has 2 aromatic rings. The molecule has 1 aromatic heterocycles. The fourth-order valence-corrected chi connectivity index (χ4v) is 3.08. The summed E-state index contributed by atoms with van der Waals surface area (Å²) >= 11 is 5.91. The van der Waals surface area contributed by atoms with Crippen molar-refractivity contribution in [3.05, 3.63) is 71.0 Å². The summed E-state index contributed by atoms with van der Waals surface area (Å²) in [6.45, 7) is 0. The molecular formula is C15H13ClN2O3S. The predicted octanol–water partition coefficient (Wildman–Crippen LogP) is 2.39. The average Bonchev–Trinajstić information content (AvgIpc) is 2.48. The first-order valence-electron chi connectivity index (χ1n) is 6.32. The van der Waals surface area contributed by atoms with Gasteiger partial charge in [-0.25, -0.2) is 13.1 Å². The van der Waals surface area contributed by atoms with Gasteiger partial charge in [0.2, 0.25) is 10.0 Å². The number of benzene rings is 1. The van der Waals surface area contributed by atoms with Crippen LogP contribution in [0.4, 0.5) is 0 Å². The molecule has 0 aliphatic heterocycles. The van der Waals surface area contributed by atoms with Gasteiger partial charge in [0.15, 0.2) is 0 Å². The molecular weight excluding hydrogens is 324 g/mol. The van der Waals surface area contributed by atoms with Crippen LogP contribution in [0.5, 0.6) is 0 Å². The minimum Gasteiger partial charge on any atom is -0.269 e. The van der Waals surface area contributed by atoms with Gasteiger partial charge in [-0.2, -0.15) is 0 Å². The van der Waals surface area contributed by atoms with Crippen LogP contribution in [-0.4, -0.2) is 19.3 Å². The molecule has 7 heteroatoms. The Labute approximate surface area is 133 Å². The molecule has 0 atom stereocenters. The molecule has 0 fully saturated rings. The van der Waals surface area contributed by atoms with Crippen molar-refractivity contribution >= 4 is 33.6 Å². The SMILES string of the molecule is O=C(C=Cc1cccnc1)NS(=O)(=O)Cc1ccccc1Cl. The van der Waals surface area contributed by atoms with Crippen LogP contribution in [0.3, 0.4) is 0 Å². The third kappa shape index (κ3) is 4.98. The largest absolute Gasteiger partial charge is 0.269 e. The fourth-order valence-electron chi connectivity index (χ4n) is 1.69. The van der Waals surface area contributed by atoms with Gasteiger partial charge < -0.3 is 0 Å². The summed E-state index contributed by atoms with van der Waals surface area (Å²) < 4.78 is 25.8. The second-order valence-electron chi connectivity index (χ2n) is 4.44. The summed E-state index contributed by atoms with van der Waals surface area (Å²) in [4.78, 5) is 15.6. The number of hydrogen-bond acceptors (Lipinski definition) is 4. The van der Waals surface area contributed by atoms with Crippen LogP contribution in [0.25, 0.3) is 6.08 Å². The monoisotopic (exact) mass is 336 g/mol. The summed E-state index contributed by atoms with van der Waals surface area (Å²) in [5, 5.41) is 0.339. The van der Waals surface area contributed by atoms with E-state index in [2.05, 4.69) is 4.98 Å². The highest BCUT2D eigenvalue weighted by Gasteiger charge is 2.15. The highest BCUT2D eigenvalue weighted by Crippen LogP contribution is 2.17. The zero-order chi connectivity index (χ0) is 16.0. The molecule has 2 rings (SSSR count). The van der Waals surface area contributed by atoms with E-state index in [9.17, 15) is 13.2 Å². The van der Waals surface area contributed by atoms with E-state index in [1.807, 2.05) is 4.72 Å². The molecule has 114 valence electrons. The van der Waals surface area contributed by atoms with Crippen LogP contribution in [-0.2, 0) is 20.6 Å². The number of hydrogen-bond donors (Lipinski definition) is 1. The third-order valence-electron chi connectivity index (χ3n) is 2.67. The van der Waals surface area contributed by atoms with Crippen LogP contribution in [0.2, 0.25) is 5.02 Å². The first-order valence-corrected chi connectivity index (χ1v) is 8.35. The summed E-state index contributed by atoms with van der Waals surface area (Å²) in [6, 6.07) is 10.0. The average molecular weight is 337 g/mol. The quantitative estimate of drug-likeness (QED) is 0.851. The number of carbonyl (C=O) groups excluding carboxylic acids is 1. The molecule has 1 aromatic carbocycles. The minimum atomic E-state index is -3.81. The zero-order valence-electron chi connectivity index (χ0n) is 11.4. The molecule has 0 unspecified atom stereocenters. The maximum atomic E-state index is 11.9. The standard InChI is InChI=1S/C15H13ClN2O3S/c16-14-6-2-1-5-13(14)11-22(20,21)18-15(19)8-7-12-4-3-9-17-10-12/h1-10H,11H2,(H,18,19). The number of amides is 1. The topological polar surface area (TPSA) is 76.1 Å². The lowest BCUT2D eigenvalue weighted by Gasteiger charge is -2.06. The first-order chi connectivity index (χ1) is 10.5. The smallest absolute Gasteiger partial charge is 0.257 e. The van der Waals surface area contributed by atoms with Crippen molar-refractivity contribution in [1.82, 2.24) is 9.71 Å². The van der Waals surface area contributed by atoms with Crippen LogP contribution >= 0.6 is 11.6 Å². The van der Waals surface area contributed by atoms with Gasteiger partial charge in [0.1, 0.15) is 0 Å². The van der Waals surface area contributed by atoms with Gasteiger partial charge >= 0.3 is 0 Å². The van der Waals surface area contributed by atoms with Crippen molar-refractivity contribution < 1.29 is 13.2 Å². The summed E-state index contributed by atoms with van der Waals surface area (Å²) in [5.74, 6) is -1.09. The summed E-state index contributed by atoms with van der Waals surface area (Å²) in [7, 11) is -3.81. The Hall–Kier alpha value is -2.18. The van der Waals surface area contributed by atoms with Gasteiger partial charge in [0, 0.05) is 23.5 Å². The van der Waals surface area contributed by atoms with E-state index in [0.717, 1.165) is 6.08 Å². The van der Waals surface area contributed by atoms with Gasteiger partial charge in [-0.05, 0) is 29.3 Å². The first kappa shape index (κ1) is 16.2. The lowest BCUT2D eigenvalue weighted by atomic mass is 10.2. The molecule has 0 radical (unpaired) electrons. The summed E-state index contributed by atoms with van der Waals surface area (Å²) in [5.41, 5.74) is 1.13. The van der Waals surface area contributed by atoms with E-state index >= 15 is 0 Å². The number of nitrogens with one attached hydrogen (secondary N) is 1. The minimum absolute atomic E-state index is 0.339. The number of nitrogens with zero attached hydrogens (tertiary/aromatic N) is 1. The Morgan fingerprint density at radius 1 is 1.23 bits per heavy atom. The second-order valence-corrected chi connectivity index (χ2v) is 6.57. The Bertz CT molecular complexity index is 789. The number of sulfonamides is 1. The van der Waals surface area contributed by atoms with E-state index < -0.39 is 15.9 Å². The van der Waals surface area contributed by atoms with E-state index in [-0.39, 0.29) is 5.75 Å². The van der Waals surface area contributed by atoms with E-state index in [4.69, 9.17) is 11.6 Å². The fraction of sp³-hybridized carbons (Fsp3) is 0.0667. The molecule has 22 heavy (non-hydrogen) atoms. The number of pyridine rings is 1. The maximum absolute atomic E-state index is 11.9. The molecule has 1 N–H and O–H groups in total. The van der Waals surface area contributed by atoms with E-state index in [0.29, 0.717) is 16.1 Å². The molecule has 0 saturated heterocycles. The molecule has 0 saturated carbocycles. The molecule has 1 amide bonds. The van der Waals surface area contributed by atoms with Crippen molar-refractivity contribution in [2.24, 2.45) is 0 Å². The number of halogens is 1. The molecule has 0 bridgehead atoms. The second kappa shape index (κ2) is 7.20. The maximum Gasteiger partial charge on any atom is 0.257 e. The van der Waals surface area contributed by atoms with E-state index in [1.165, 1.54) is 6.08 Å². The normalized spacial score (nSPS) is 11.5. The number of aromatic nitrogens is 1. The molecule has 1 heterocycles. The highest BCUT2D eigenvalue weighted by atomic mass is 35.5. The van der Waals surface area contributed by atoms with Crippen LogP contribution in [0, 0.1) is 0 Å². The van der Waals surface area contributed by atoms with Crippen molar-refractivity contribution in [2.75, 3.05) is 0 Å². The lowest BCUT2D eigenvalue weighted by Crippen LogP contribution is -2.30. The van der Waals surface area contributed by atoms with Gasteiger partial charge in [0.05, 0.1) is 5.75 Å². The Kier molecular flexibility index (Phi) is 5.30. The van der Waals surface area contributed by atoms with Crippen LogP contribution in [0.15, 0.2) is 54.9 Å². The Morgan fingerprint density at radius 3 is 2.68 bits per heavy atom. The molecule has 0 aliphatic rings. The van der Waals surface area contributed by atoms with Crippen molar-refractivity contribution in [3.63, 3.8) is 0 Å². The molecule has 0 spiro atoms. The Morgan fingerprint density at radius 2 is 2.00 bits per heavy atom. The van der Waals surface area contributed by atoms with Gasteiger partial charge in [-0.1, -0.05) is 35.9 Å². The van der Waals surface area contributed by atoms with Crippen molar-refractivity contribution in [1.29, 1.82) is 0 Å². The molecule has 0 aliphatic carbocycles.